The van der Waals surface area contributed by atoms with E-state index in [1.54, 1.807) is 0 Å². The molecule has 30 heavy (non-hydrogen) atoms. The van der Waals surface area contributed by atoms with Gasteiger partial charge in [0, 0.05) is 52.4 Å². The molecule has 1 amide bonds. The summed E-state index contributed by atoms with van der Waals surface area (Å²) in [6.07, 6.45) is 10.6. The van der Waals surface area contributed by atoms with Crippen LogP contribution in [0.15, 0.2) is 4.99 Å². The first kappa shape index (κ1) is 27.4. The summed E-state index contributed by atoms with van der Waals surface area (Å²) >= 11 is 0. The molecule has 2 rings (SSSR count). The number of halogens is 1. The number of aliphatic imine (C=N–C) groups is 1. The lowest BCUT2D eigenvalue weighted by molar-refractivity contribution is -0.123. The Hall–Kier alpha value is -0.610. The number of piperazine rings is 1. The Morgan fingerprint density at radius 2 is 1.77 bits per heavy atom. The molecule has 8 heteroatoms. The van der Waals surface area contributed by atoms with Gasteiger partial charge in [-0.2, -0.15) is 0 Å². The number of rotatable bonds is 10. The van der Waals surface area contributed by atoms with E-state index in [4.69, 9.17) is 4.74 Å². The Morgan fingerprint density at radius 3 is 2.40 bits per heavy atom. The van der Waals surface area contributed by atoms with Gasteiger partial charge < -0.3 is 20.3 Å². The van der Waals surface area contributed by atoms with Gasteiger partial charge >= 0.3 is 0 Å². The van der Waals surface area contributed by atoms with Crippen LogP contribution in [0.5, 0.6) is 0 Å². The summed E-state index contributed by atoms with van der Waals surface area (Å²) in [4.78, 5) is 20.9. The van der Waals surface area contributed by atoms with Crippen LogP contribution in [0.25, 0.3) is 0 Å². The van der Waals surface area contributed by atoms with E-state index in [0.717, 1.165) is 58.1 Å². The summed E-state index contributed by atoms with van der Waals surface area (Å²) in [5.41, 5.74) is 0. The highest BCUT2D eigenvalue weighted by Crippen LogP contribution is 2.20. The van der Waals surface area contributed by atoms with E-state index in [0.29, 0.717) is 12.6 Å². The molecular formula is C22H44IN5O2. The van der Waals surface area contributed by atoms with Gasteiger partial charge in [-0.15, -0.1) is 24.0 Å². The zero-order chi connectivity index (χ0) is 20.9. The first-order chi connectivity index (χ1) is 14.1. The number of nitrogens with one attached hydrogen (secondary N) is 2. The predicted molar refractivity (Wildman–Crippen MR) is 135 cm³/mol. The lowest BCUT2D eigenvalue weighted by Gasteiger charge is -2.36. The van der Waals surface area contributed by atoms with Gasteiger partial charge in [-0.25, -0.2) is 0 Å². The predicted octanol–water partition coefficient (Wildman–Crippen LogP) is 2.84. The van der Waals surface area contributed by atoms with Crippen LogP contribution in [0.4, 0.5) is 0 Å². The number of carbonyl (C=O) groups excluding carboxylic acids is 1. The Kier molecular flexibility index (Phi) is 14.7. The SMILES string of the molecule is CN=C(NCCCCCOC1CCCCC1)N1CCN(CC(=O)NC(C)C)CC1.I. The number of amides is 1. The maximum Gasteiger partial charge on any atom is 0.234 e. The van der Waals surface area contributed by atoms with Crippen molar-refractivity contribution in [2.45, 2.75) is 77.4 Å². The number of hydrogen-bond donors (Lipinski definition) is 2. The van der Waals surface area contributed by atoms with Crippen molar-refractivity contribution in [2.75, 3.05) is 52.9 Å². The summed E-state index contributed by atoms with van der Waals surface area (Å²) in [6, 6.07) is 0.200. The van der Waals surface area contributed by atoms with Crippen molar-refractivity contribution in [3.63, 3.8) is 0 Å². The molecule has 2 N–H and O–H groups in total. The Bertz CT molecular complexity index is 490. The second-order valence-corrected chi connectivity index (χ2v) is 8.65. The van der Waals surface area contributed by atoms with E-state index in [2.05, 4.69) is 25.4 Å². The van der Waals surface area contributed by atoms with Crippen LogP contribution in [-0.4, -0.2) is 86.7 Å². The molecule has 2 fully saturated rings. The molecule has 0 unspecified atom stereocenters. The molecule has 1 aliphatic carbocycles. The molecule has 0 atom stereocenters. The molecular weight excluding hydrogens is 493 g/mol. The van der Waals surface area contributed by atoms with Crippen LogP contribution in [0.3, 0.4) is 0 Å². The van der Waals surface area contributed by atoms with Crippen molar-refractivity contribution in [3.8, 4) is 0 Å². The third-order valence-electron chi connectivity index (χ3n) is 5.71. The van der Waals surface area contributed by atoms with Gasteiger partial charge in [-0.3, -0.25) is 14.7 Å². The molecule has 1 heterocycles. The zero-order valence-corrected chi connectivity index (χ0v) is 21.7. The fraction of sp³-hybridized carbons (Fsp3) is 0.909. The van der Waals surface area contributed by atoms with E-state index in [-0.39, 0.29) is 35.9 Å². The second kappa shape index (κ2) is 16.1. The Labute approximate surface area is 200 Å². The van der Waals surface area contributed by atoms with Gasteiger partial charge in [-0.1, -0.05) is 19.3 Å². The van der Waals surface area contributed by atoms with E-state index < -0.39 is 0 Å². The largest absolute Gasteiger partial charge is 0.378 e. The normalized spacial score (nSPS) is 18.9. The third-order valence-corrected chi connectivity index (χ3v) is 5.71. The van der Waals surface area contributed by atoms with Crippen LogP contribution in [0, 0.1) is 0 Å². The van der Waals surface area contributed by atoms with Gasteiger partial charge in [0.05, 0.1) is 12.6 Å². The van der Waals surface area contributed by atoms with Crippen LogP contribution in [0.1, 0.15) is 65.2 Å². The monoisotopic (exact) mass is 537 g/mol. The highest BCUT2D eigenvalue weighted by molar-refractivity contribution is 14.0. The fourth-order valence-corrected chi connectivity index (χ4v) is 4.11. The van der Waals surface area contributed by atoms with Gasteiger partial charge in [-0.05, 0) is 46.0 Å². The number of carbonyl (C=O) groups is 1. The van der Waals surface area contributed by atoms with Crippen LogP contribution < -0.4 is 10.6 Å². The van der Waals surface area contributed by atoms with Crippen molar-refractivity contribution < 1.29 is 9.53 Å². The minimum absolute atomic E-state index is 0. The van der Waals surface area contributed by atoms with Crippen LogP contribution in [0.2, 0.25) is 0 Å². The van der Waals surface area contributed by atoms with E-state index in [1.165, 1.54) is 38.5 Å². The minimum atomic E-state index is 0. The average Bonchev–Trinajstić information content (AvgIpc) is 2.71. The molecule has 1 saturated carbocycles. The van der Waals surface area contributed by atoms with E-state index >= 15 is 0 Å². The standard InChI is InChI=1S/C22H43N5O2.HI/c1-19(2)25-21(28)18-26-13-15-27(16-14-26)22(23-3)24-12-8-5-9-17-29-20-10-6-4-7-11-20;/h19-20H,4-18H2,1-3H3,(H,23,24)(H,25,28);1H. The third kappa shape index (κ3) is 11.1. The van der Waals surface area contributed by atoms with Crippen LogP contribution in [-0.2, 0) is 9.53 Å². The maximum atomic E-state index is 11.9. The van der Waals surface area contributed by atoms with E-state index in [9.17, 15) is 4.79 Å². The highest BCUT2D eigenvalue weighted by Gasteiger charge is 2.21. The first-order valence-corrected chi connectivity index (χ1v) is 11.7. The lowest BCUT2D eigenvalue weighted by atomic mass is 9.98. The molecule has 7 nitrogen and oxygen atoms in total. The summed E-state index contributed by atoms with van der Waals surface area (Å²) in [7, 11) is 1.85. The maximum absolute atomic E-state index is 11.9. The van der Waals surface area contributed by atoms with Crippen LogP contribution >= 0.6 is 24.0 Å². The highest BCUT2D eigenvalue weighted by atomic mass is 127. The Balaban J connectivity index is 0.00000450. The topological polar surface area (TPSA) is 69.2 Å². The molecule has 0 aromatic rings. The quantitative estimate of drug-likeness (QED) is 0.194. The molecule has 1 saturated heterocycles. The van der Waals surface area contributed by atoms with Gasteiger partial charge in [0.1, 0.15) is 0 Å². The zero-order valence-electron chi connectivity index (χ0n) is 19.3. The van der Waals surface area contributed by atoms with Crippen molar-refractivity contribution in [1.29, 1.82) is 0 Å². The van der Waals surface area contributed by atoms with E-state index in [1.807, 2.05) is 20.9 Å². The second-order valence-electron chi connectivity index (χ2n) is 8.65. The fourth-order valence-electron chi connectivity index (χ4n) is 4.11. The number of unbranched alkanes of at least 4 members (excludes halogenated alkanes) is 2. The summed E-state index contributed by atoms with van der Waals surface area (Å²) in [5, 5.41) is 6.46. The van der Waals surface area contributed by atoms with Gasteiger partial charge in [0.25, 0.3) is 0 Å². The Morgan fingerprint density at radius 1 is 1.07 bits per heavy atom. The van der Waals surface area contributed by atoms with Crippen molar-refractivity contribution >= 4 is 35.8 Å². The summed E-state index contributed by atoms with van der Waals surface area (Å²) in [6.45, 7) is 9.94. The number of nitrogens with zero attached hydrogens (tertiary/aromatic N) is 3. The number of ether oxygens (including phenoxy) is 1. The summed E-state index contributed by atoms with van der Waals surface area (Å²) < 4.78 is 6.00. The van der Waals surface area contributed by atoms with Gasteiger partial charge in [0.2, 0.25) is 5.91 Å². The molecule has 176 valence electrons. The molecule has 0 spiro atoms. The molecule has 2 aliphatic rings. The molecule has 0 bridgehead atoms. The first-order valence-electron chi connectivity index (χ1n) is 11.7. The molecule has 0 aromatic carbocycles. The van der Waals surface area contributed by atoms with Gasteiger partial charge in [0.15, 0.2) is 5.96 Å². The smallest absolute Gasteiger partial charge is 0.234 e. The molecule has 0 radical (unpaired) electrons. The average molecular weight is 538 g/mol. The van der Waals surface area contributed by atoms with Crippen molar-refractivity contribution in [3.05, 3.63) is 0 Å². The summed E-state index contributed by atoms with van der Waals surface area (Å²) in [5.74, 6) is 1.10. The lowest BCUT2D eigenvalue weighted by Crippen LogP contribution is -2.54. The van der Waals surface area contributed by atoms with Crippen molar-refractivity contribution in [2.24, 2.45) is 4.99 Å². The minimum Gasteiger partial charge on any atom is -0.378 e. The molecule has 0 aromatic heterocycles. The number of guanidine groups is 1. The molecule has 1 aliphatic heterocycles. The number of hydrogen-bond acceptors (Lipinski definition) is 4. The van der Waals surface area contributed by atoms with Crippen molar-refractivity contribution in [1.82, 2.24) is 20.4 Å².